The normalized spacial score (nSPS) is 17.0. The molecule has 23 heavy (non-hydrogen) atoms. The first-order chi connectivity index (χ1) is 11.1. The third-order valence-corrected chi connectivity index (χ3v) is 4.46. The van der Waals surface area contributed by atoms with E-state index in [-0.39, 0.29) is 18.5 Å². The van der Waals surface area contributed by atoms with E-state index < -0.39 is 0 Å². The summed E-state index contributed by atoms with van der Waals surface area (Å²) in [6.07, 6.45) is 0. The molecule has 118 valence electrons. The van der Waals surface area contributed by atoms with Crippen LogP contribution in [-0.4, -0.2) is 29.5 Å². The number of aryl methyl sites for hydroxylation is 1. The summed E-state index contributed by atoms with van der Waals surface area (Å²) in [5.41, 5.74) is 4.19. The molecule has 2 N–H and O–H groups in total. The van der Waals surface area contributed by atoms with Gasteiger partial charge in [0.1, 0.15) is 6.54 Å². The van der Waals surface area contributed by atoms with Gasteiger partial charge in [-0.05, 0) is 30.8 Å². The van der Waals surface area contributed by atoms with Gasteiger partial charge >= 0.3 is 0 Å². The lowest BCUT2D eigenvalue weighted by Crippen LogP contribution is -2.43. The maximum absolute atomic E-state index is 12.3. The van der Waals surface area contributed by atoms with Gasteiger partial charge in [0.05, 0.1) is 6.04 Å². The number of rotatable bonds is 1. The summed E-state index contributed by atoms with van der Waals surface area (Å²) in [5.74, 6) is -0.0651. The number of amides is 1. The Labute approximate surface area is 141 Å². The molecule has 2 aromatic rings. The van der Waals surface area contributed by atoms with Gasteiger partial charge in [0.25, 0.3) is 0 Å². The smallest absolute Gasteiger partial charge is 0.244 e. The number of para-hydroxylation sites is 1. The van der Waals surface area contributed by atoms with Crippen molar-refractivity contribution in [1.29, 1.82) is 0 Å². The van der Waals surface area contributed by atoms with Crippen LogP contribution in [0.4, 0.5) is 5.69 Å². The van der Waals surface area contributed by atoms with Crippen molar-refractivity contribution in [3.63, 3.8) is 0 Å². The maximum Gasteiger partial charge on any atom is 0.244 e. The Hall–Kier alpha value is -2.40. The van der Waals surface area contributed by atoms with E-state index in [2.05, 4.69) is 41.8 Å². The lowest BCUT2D eigenvalue weighted by molar-refractivity contribution is -0.116. The van der Waals surface area contributed by atoms with E-state index in [4.69, 9.17) is 12.2 Å². The number of benzene rings is 2. The average molecular weight is 325 g/mol. The van der Waals surface area contributed by atoms with E-state index in [1.807, 2.05) is 29.2 Å². The van der Waals surface area contributed by atoms with Gasteiger partial charge < -0.3 is 15.5 Å². The number of hydrogen-bond donors (Lipinski definition) is 2. The number of nitrogens with zero attached hydrogens (tertiary/aromatic N) is 1. The summed E-state index contributed by atoms with van der Waals surface area (Å²) >= 11 is 5.46. The molecular weight excluding hydrogens is 306 g/mol. The largest absolute Gasteiger partial charge is 0.366 e. The molecule has 0 radical (unpaired) electrons. The minimum absolute atomic E-state index is 0.0651. The van der Waals surface area contributed by atoms with Crippen molar-refractivity contribution < 1.29 is 4.79 Å². The van der Waals surface area contributed by atoms with Crippen LogP contribution in [0.2, 0.25) is 0 Å². The van der Waals surface area contributed by atoms with Gasteiger partial charge in [-0.1, -0.05) is 48.0 Å². The first-order valence-electron chi connectivity index (χ1n) is 7.54. The number of fused-ring (bicyclic) bond motifs is 1. The van der Waals surface area contributed by atoms with E-state index in [1.165, 1.54) is 5.56 Å². The second kappa shape index (κ2) is 6.38. The van der Waals surface area contributed by atoms with Gasteiger partial charge in [0.15, 0.2) is 5.11 Å². The third kappa shape index (κ3) is 3.05. The second-order valence-electron chi connectivity index (χ2n) is 5.63. The molecule has 0 spiro atoms. The maximum atomic E-state index is 12.3. The molecule has 0 bridgehead atoms. The molecule has 0 aliphatic carbocycles. The summed E-state index contributed by atoms with van der Waals surface area (Å²) in [7, 11) is 1.78. The monoisotopic (exact) mass is 325 g/mol. The zero-order chi connectivity index (χ0) is 16.4. The summed E-state index contributed by atoms with van der Waals surface area (Å²) in [6, 6.07) is 16.1. The molecular formula is C18H19N3OS. The predicted octanol–water partition coefficient (Wildman–Crippen LogP) is 2.84. The SMILES string of the molecule is CNC(=S)N1CC(=O)Nc2ccccc2[C@@H]1c1ccc(C)cc1. The summed E-state index contributed by atoms with van der Waals surface area (Å²) in [4.78, 5) is 14.2. The van der Waals surface area contributed by atoms with Gasteiger partial charge in [0.2, 0.25) is 5.91 Å². The van der Waals surface area contributed by atoms with Crippen LogP contribution in [0.1, 0.15) is 22.7 Å². The summed E-state index contributed by atoms with van der Waals surface area (Å²) in [5, 5.41) is 6.53. The Balaban J connectivity index is 2.17. The van der Waals surface area contributed by atoms with Crippen LogP contribution >= 0.6 is 12.2 Å². The molecule has 1 aliphatic heterocycles. The fraction of sp³-hybridized carbons (Fsp3) is 0.222. The quantitative estimate of drug-likeness (QED) is 0.792. The van der Waals surface area contributed by atoms with Crippen molar-refractivity contribution in [2.75, 3.05) is 18.9 Å². The zero-order valence-corrected chi connectivity index (χ0v) is 14.0. The molecule has 1 aliphatic rings. The highest BCUT2D eigenvalue weighted by Gasteiger charge is 2.31. The van der Waals surface area contributed by atoms with E-state index in [9.17, 15) is 4.79 Å². The van der Waals surface area contributed by atoms with Crippen molar-refractivity contribution in [3.05, 3.63) is 65.2 Å². The van der Waals surface area contributed by atoms with E-state index in [0.29, 0.717) is 5.11 Å². The first kappa shape index (κ1) is 15.5. The fourth-order valence-electron chi connectivity index (χ4n) is 2.89. The molecule has 0 fully saturated rings. The van der Waals surface area contributed by atoms with Crippen molar-refractivity contribution in [2.45, 2.75) is 13.0 Å². The van der Waals surface area contributed by atoms with Crippen molar-refractivity contribution >= 4 is 28.9 Å². The minimum atomic E-state index is -0.106. The molecule has 1 heterocycles. The third-order valence-electron chi connectivity index (χ3n) is 4.02. The molecule has 0 saturated heterocycles. The number of thiocarbonyl (C=S) groups is 1. The van der Waals surface area contributed by atoms with E-state index in [0.717, 1.165) is 16.8 Å². The van der Waals surface area contributed by atoms with E-state index in [1.54, 1.807) is 7.05 Å². The van der Waals surface area contributed by atoms with Gasteiger partial charge in [-0.25, -0.2) is 0 Å². The van der Waals surface area contributed by atoms with Crippen LogP contribution in [0.25, 0.3) is 0 Å². The van der Waals surface area contributed by atoms with Crippen molar-refractivity contribution in [1.82, 2.24) is 10.2 Å². The van der Waals surface area contributed by atoms with Crippen LogP contribution in [0.5, 0.6) is 0 Å². The number of nitrogens with one attached hydrogen (secondary N) is 2. The Morgan fingerprint density at radius 3 is 2.61 bits per heavy atom. The number of anilines is 1. The number of carbonyl (C=O) groups excluding carboxylic acids is 1. The van der Waals surface area contributed by atoms with Crippen LogP contribution in [0.3, 0.4) is 0 Å². The Kier molecular flexibility index (Phi) is 4.30. The van der Waals surface area contributed by atoms with Gasteiger partial charge in [-0.2, -0.15) is 0 Å². The van der Waals surface area contributed by atoms with Crippen LogP contribution in [0, 0.1) is 6.92 Å². The molecule has 4 nitrogen and oxygen atoms in total. The highest BCUT2D eigenvalue weighted by molar-refractivity contribution is 7.80. The van der Waals surface area contributed by atoms with Crippen LogP contribution < -0.4 is 10.6 Å². The van der Waals surface area contributed by atoms with Crippen molar-refractivity contribution in [2.24, 2.45) is 0 Å². The Morgan fingerprint density at radius 1 is 1.22 bits per heavy atom. The van der Waals surface area contributed by atoms with Gasteiger partial charge in [-0.15, -0.1) is 0 Å². The second-order valence-corrected chi connectivity index (χ2v) is 6.02. The van der Waals surface area contributed by atoms with Gasteiger partial charge in [0, 0.05) is 18.3 Å². The fourth-order valence-corrected chi connectivity index (χ4v) is 3.06. The van der Waals surface area contributed by atoms with Gasteiger partial charge in [-0.3, -0.25) is 4.79 Å². The molecule has 1 atom stereocenters. The molecule has 0 aromatic heterocycles. The Morgan fingerprint density at radius 2 is 1.91 bits per heavy atom. The lowest BCUT2D eigenvalue weighted by atomic mass is 9.95. The minimum Gasteiger partial charge on any atom is -0.366 e. The van der Waals surface area contributed by atoms with E-state index >= 15 is 0 Å². The molecule has 5 heteroatoms. The molecule has 0 unspecified atom stereocenters. The lowest BCUT2D eigenvalue weighted by Gasteiger charge is -2.32. The van der Waals surface area contributed by atoms with Crippen LogP contribution in [0.15, 0.2) is 48.5 Å². The standard InChI is InChI=1S/C18H19N3OS/c1-12-7-9-13(10-8-12)17-14-5-3-4-6-15(14)20-16(22)11-21(17)18(23)19-2/h3-10,17H,11H2,1-2H3,(H,19,23)(H,20,22)/t17-/m0/s1. The first-order valence-corrected chi connectivity index (χ1v) is 7.94. The summed E-state index contributed by atoms with van der Waals surface area (Å²) in [6.45, 7) is 2.28. The molecule has 3 rings (SSSR count). The van der Waals surface area contributed by atoms with Crippen molar-refractivity contribution in [3.8, 4) is 0 Å². The molecule has 1 amide bonds. The molecule has 0 saturated carbocycles. The van der Waals surface area contributed by atoms with Crippen LogP contribution in [-0.2, 0) is 4.79 Å². The highest BCUT2D eigenvalue weighted by Crippen LogP contribution is 2.35. The number of carbonyl (C=O) groups is 1. The zero-order valence-electron chi connectivity index (χ0n) is 13.2. The molecule has 2 aromatic carbocycles. The topological polar surface area (TPSA) is 44.4 Å². The predicted molar refractivity (Wildman–Crippen MR) is 96.5 cm³/mol. The number of hydrogen-bond acceptors (Lipinski definition) is 2. The highest BCUT2D eigenvalue weighted by atomic mass is 32.1. The Bertz CT molecular complexity index is 742. The average Bonchev–Trinajstić information content (AvgIpc) is 2.71. The summed E-state index contributed by atoms with van der Waals surface area (Å²) < 4.78 is 0.